The van der Waals surface area contributed by atoms with Crippen molar-refractivity contribution in [1.29, 1.82) is 0 Å². The van der Waals surface area contributed by atoms with Gasteiger partial charge in [-0.2, -0.15) is 0 Å². The van der Waals surface area contributed by atoms with E-state index in [0.29, 0.717) is 19.3 Å². The molecular formula is C68H124O6. The van der Waals surface area contributed by atoms with E-state index in [1.807, 2.05) is 0 Å². The first-order valence-electron chi connectivity index (χ1n) is 32.6. The molecule has 1 atom stereocenters. The fourth-order valence-electron chi connectivity index (χ4n) is 9.69. The fourth-order valence-corrected chi connectivity index (χ4v) is 9.69. The monoisotopic (exact) mass is 1040 g/mol. The number of ether oxygens (including phenoxy) is 3. The first-order valence-corrected chi connectivity index (χ1v) is 32.6. The van der Waals surface area contributed by atoms with E-state index >= 15 is 0 Å². The Hall–Kier alpha value is -2.63. The average molecular weight is 1040 g/mol. The summed E-state index contributed by atoms with van der Waals surface area (Å²) in [5.41, 5.74) is 0. The van der Waals surface area contributed by atoms with Gasteiger partial charge in [0.15, 0.2) is 6.10 Å². The molecule has 0 rings (SSSR count). The van der Waals surface area contributed by atoms with Gasteiger partial charge < -0.3 is 14.2 Å². The quantitative estimate of drug-likeness (QED) is 0.0261. The van der Waals surface area contributed by atoms with Gasteiger partial charge >= 0.3 is 17.9 Å². The van der Waals surface area contributed by atoms with E-state index in [4.69, 9.17) is 14.2 Å². The molecule has 0 saturated heterocycles. The fraction of sp³-hybridized carbons (Fsp3) is 0.838. The number of carbonyl (C=O) groups is 3. The molecule has 0 heterocycles. The second kappa shape index (κ2) is 62.9. The first kappa shape index (κ1) is 71.4. The van der Waals surface area contributed by atoms with Crippen LogP contribution in [-0.2, 0) is 28.6 Å². The minimum atomic E-state index is -0.788. The summed E-state index contributed by atoms with van der Waals surface area (Å²) in [5.74, 6) is -0.904. The Bertz CT molecular complexity index is 1280. The Balaban J connectivity index is 4.15. The maximum absolute atomic E-state index is 12.9. The summed E-state index contributed by atoms with van der Waals surface area (Å²) in [6, 6.07) is 0. The molecule has 0 radical (unpaired) electrons. The number of esters is 3. The van der Waals surface area contributed by atoms with Gasteiger partial charge in [0, 0.05) is 19.3 Å². The van der Waals surface area contributed by atoms with Gasteiger partial charge in [0.2, 0.25) is 0 Å². The van der Waals surface area contributed by atoms with Crippen molar-refractivity contribution >= 4 is 17.9 Å². The zero-order chi connectivity index (χ0) is 53.6. The van der Waals surface area contributed by atoms with E-state index < -0.39 is 6.10 Å². The molecule has 0 bridgehead atoms. The normalized spacial score (nSPS) is 12.3. The van der Waals surface area contributed by atoms with Crippen molar-refractivity contribution in [2.45, 2.75) is 354 Å². The van der Waals surface area contributed by atoms with Gasteiger partial charge in [-0.25, -0.2) is 0 Å². The molecule has 6 nitrogen and oxygen atoms in total. The number of hydrogen-bond acceptors (Lipinski definition) is 6. The van der Waals surface area contributed by atoms with Crippen LogP contribution in [0.1, 0.15) is 348 Å². The Morgan fingerprint density at radius 2 is 0.527 bits per heavy atom. The molecule has 0 aliphatic heterocycles. The number of allylic oxidation sites excluding steroid dienone is 8. The third-order valence-electron chi connectivity index (χ3n) is 14.6. The highest BCUT2D eigenvalue weighted by molar-refractivity contribution is 5.71. The molecular weight excluding hydrogens is 913 g/mol. The Kier molecular flexibility index (Phi) is 60.7. The Labute approximate surface area is 460 Å². The first-order chi connectivity index (χ1) is 36.5. The van der Waals surface area contributed by atoms with E-state index in [9.17, 15) is 14.4 Å². The molecule has 0 aliphatic rings. The summed E-state index contributed by atoms with van der Waals surface area (Å²) in [4.78, 5) is 38.2. The van der Waals surface area contributed by atoms with Crippen LogP contribution in [0.5, 0.6) is 0 Å². The zero-order valence-electron chi connectivity index (χ0n) is 49.6. The molecule has 0 aromatic heterocycles. The van der Waals surface area contributed by atoms with E-state index in [-0.39, 0.29) is 31.1 Å². The number of unbranched alkanes of at least 4 members (excludes halogenated alkanes) is 41. The van der Waals surface area contributed by atoms with Crippen molar-refractivity contribution in [3.05, 3.63) is 48.6 Å². The molecule has 0 aromatic rings. The van der Waals surface area contributed by atoms with Crippen LogP contribution >= 0.6 is 0 Å². The van der Waals surface area contributed by atoms with Crippen molar-refractivity contribution in [1.82, 2.24) is 0 Å². The van der Waals surface area contributed by atoms with Gasteiger partial charge in [-0.05, 0) is 77.0 Å². The molecule has 0 fully saturated rings. The molecule has 0 aliphatic carbocycles. The smallest absolute Gasteiger partial charge is 0.306 e. The molecule has 6 heteroatoms. The zero-order valence-corrected chi connectivity index (χ0v) is 49.6. The molecule has 0 spiro atoms. The van der Waals surface area contributed by atoms with Crippen molar-refractivity contribution < 1.29 is 28.6 Å². The van der Waals surface area contributed by atoms with Crippen molar-refractivity contribution in [2.75, 3.05) is 13.2 Å². The number of rotatable bonds is 60. The van der Waals surface area contributed by atoms with Crippen LogP contribution < -0.4 is 0 Å². The van der Waals surface area contributed by atoms with E-state index in [1.54, 1.807) is 0 Å². The standard InChI is InChI=1S/C68H124O6/c1-4-7-10-13-16-19-22-25-27-28-29-30-31-32-33-34-35-36-37-38-39-40-41-44-46-49-52-55-58-61-67(70)73-64-65(63-72-66(69)60-57-54-51-48-45-42-24-21-18-15-12-9-6-3)74-68(71)62-59-56-53-50-47-43-26-23-20-17-14-11-8-5-2/h9,12,18,21,23,26,42,45,65H,4-8,10-11,13-17,19-20,22,24-25,27-41,43-44,46-64H2,1-3H3/b12-9-,21-18-,26-23-,45-42-. The highest BCUT2D eigenvalue weighted by atomic mass is 16.6. The molecule has 0 saturated carbocycles. The molecule has 1 unspecified atom stereocenters. The highest BCUT2D eigenvalue weighted by Gasteiger charge is 2.19. The lowest BCUT2D eigenvalue weighted by Gasteiger charge is -2.18. The summed E-state index contributed by atoms with van der Waals surface area (Å²) >= 11 is 0. The summed E-state index contributed by atoms with van der Waals surface area (Å²) in [5, 5.41) is 0. The van der Waals surface area contributed by atoms with E-state index in [1.165, 1.54) is 212 Å². The third kappa shape index (κ3) is 60.2. The Morgan fingerprint density at radius 1 is 0.284 bits per heavy atom. The van der Waals surface area contributed by atoms with Crippen molar-refractivity contribution in [3.63, 3.8) is 0 Å². The Morgan fingerprint density at radius 3 is 0.851 bits per heavy atom. The van der Waals surface area contributed by atoms with E-state index in [0.717, 1.165) is 96.3 Å². The average Bonchev–Trinajstić information content (AvgIpc) is 3.40. The van der Waals surface area contributed by atoms with Crippen molar-refractivity contribution in [2.24, 2.45) is 0 Å². The second-order valence-electron chi connectivity index (χ2n) is 22.0. The van der Waals surface area contributed by atoms with Gasteiger partial charge in [0.05, 0.1) is 0 Å². The molecule has 74 heavy (non-hydrogen) atoms. The van der Waals surface area contributed by atoms with Gasteiger partial charge in [0.25, 0.3) is 0 Å². The summed E-state index contributed by atoms with van der Waals surface area (Å²) in [7, 11) is 0. The molecule has 0 amide bonds. The minimum absolute atomic E-state index is 0.0827. The topological polar surface area (TPSA) is 78.9 Å². The highest BCUT2D eigenvalue weighted by Crippen LogP contribution is 2.18. The lowest BCUT2D eigenvalue weighted by atomic mass is 10.0. The second-order valence-corrected chi connectivity index (χ2v) is 22.0. The molecule has 432 valence electrons. The lowest BCUT2D eigenvalue weighted by molar-refractivity contribution is -0.167. The van der Waals surface area contributed by atoms with E-state index in [2.05, 4.69) is 69.4 Å². The molecule has 0 N–H and O–H groups in total. The minimum Gasteiger partial charge on any atom is -0.462 e. The lowest BCUT2D eigenvalue weighted by Crippen LogP contribution is -2.30. The maximum Gasteiger partial charge on any atom is 0.306 e. The predicted octanol–water partition coefficient (Wildman–Crippen LogP) is 22.2. The van der Waals surface area contributed by atoms with Gasteiger partial charge in [-0.3, -0.25) is 14.4 Å². The van der Waals surface area contributed by atoms with Crippen LogP contribution in [0, 0.1) is 0 Å². The third-order valence-corrected chi connectivity index (χ3v) is 14.6. The molecule has 0 aromatic carbocycles. The SMILES string of the molecule is CC/C=C\C/C=C\C/C=C\CCCCCC(=O)OCC(COC(=O)CCCCCCCCCCCCCCCCCCCCCCCCCCCCCCC)OC(=O)CCCCCCC/C=C\CCCCCCC. The summed E-state index contributed by atoms with van der Waals surface area (Å²) < 4.78 is 16.9. The van der Waals surface area contributed by atoms with Gasteiger partial charge in [-0.1, -0.05) is 301 Å². The number of hydrogen-bond donors (Lipinski definition) is 0. The van der Waals surface area contributed by atoms with Gasteiger partial charge in [0.1, 0.15) is 13.2 Å². The van der Waals surface area contributed by atoms with Crippen LogP contribution in [0.2, 0.25) is 0 Å². The van der Waals surface area contributed by atoms with Crippen LogP contribution in [0.25, 0.3) is 0 Å². The summed E-state index contributed by atoms with van der Waals surface area (Å²) in [6.45, 7) is 6.53. The van der Waals surface area contributed by atoms with Crippen LogP contribution in [-0.4, -0.2) is 37.2 Å². The predicted molar refractivity (Wildman–Crippen MR) is 321 cm³/mol. The van der Waals surface area contributed by atoms with Crippen LogP contribution in [0.3, 0.4) is 0 Å². The summed E-state index contributed by atoms with van der Waals surface area (Å²) in [6.07, 6.45) is 78.6. The van der Waals surface area contributed by atoms with Crippen LogP contribution in [0.15, 0.2) is 48.6 Å². The number of carbonyl (C=O) groups excluding carboxylic acids is 3. The van der Waals surface area contributed by atoms with Crippen LogP contribution in [0.4, 0.5) is 0 Å². The maximum atomic E-state index is 12.9. The van der Waals surface area contributed by atoms with Crippen molar-refractivity contribution in [3.8, 4) is 0 Å². The largest absolute Gasteiger partial charge is 0.462 e. The van der Waals surface area contributed by atoms with Gasteiger partial charge in [-0.15, -0.1) is 0 Å².